The van der Waals surface area contributed by atoms with Crippen LogP contribution in [0, 0.1) is 11.7 Å². The minimum atomic E-state index is -0.430. The van der Waals surface area contributed by atoms with E-state index in [0.717, 1.165) is 0 Å². The highest BCUT2D eigenvalue weighted by Gasteiger charge is 2.26. The summed E-state index contributed by atoms with van der Waals surface area (Å²) < 4.78 is 19.1. The molecule has 1 unspecified atom stereocenters. The van der Waals surface area contributed by atoms with Crippen molar-refractivity contribution in [3.05, 3.63) is 29.6 Å². The zero-order chi connectivity index (χ0) is 18.4. The molecule has 1 atom stereocenters. The van der Waals surface area contributed by atoms with Crippen LogP contribution in [-0.4, -0.2) is 43.0 Å². The lowest BCUT2D eigenvalue weighted by molar-refractivity contribution is -0.127. The first-order chi connectivity index (χ1) is 11.9. The van der Waals surface area contributed by atoms with Gasteiger partial charge in [-0.15, -0.1) is 0 Å². The third-order valence-electron chi connectivity index (χ3n) is 4.45. The molecule has 6 nitrogen and oxygen atoms in total. The van der Waals surface area contributed by atoms with E-state index in [1.54, 1.807) is 19.1 Å². The largest absolute Gasteiger partial charge is 0.491 e. The highest BCUT2D eigenvalue weighted by molar-refractivity contribution is 5.79. The summed E-state index contributed by atoms with van der Waals surface area (Å²) in [6.45, 7) is 5.60. The molecule has 2 rings (SSSR count). The molecule has 1 fully saturated rings. The van der Waals surface area contributed by atoms with Crippen molar-refractivity contribution >= 4 is 11.8 Å². The van der Waals surface area contributed by atoms with Crippen LogP contribution < -0.4 is 15.8 Å². The predicted octanol–water partition coefficient (Wildman–Crippen LogP) is 1.60. The molecule has 0 aromatic heterocycles. The van der Waals surface area contributed by atoms with Crippen LogP contribution in [0.3, 0.4) is 0 Å². The summed E-state index contributed by atoms with van der Waals surface area (Å²) >= 11 is 0. The first-order valence-electron chi connectivity index (χ1n) is 8.64. The highest BCUT2D eigenvalue weighted by atomic mass is 19.1. The molecule has 1 heterocycles. The number of hydrogen-bond acceptors (Lipinski definition) is 4. The van der Waals surface area contributed by atoms with Gasteiger partial charge in [0.25, 0.3) is 0 Å². The van der Waals surface area contributed by atoms with Crippen LogP contribution in [0.4, 0.5) is 4.39 Å². The van der Waals surface area contributed by atoms with E-state index in [9.17, 15) is 14.0 Å². The number of hydrogen-bond donors (Lipinski definition) is 2. The minimum absolute atomic E-state index is 0.0412. The number of benzene rings is 1. The monoisotopic (exact) mass is 351 g/mol. The maximum absolute atomic E-state index is 14.0. The summed E-state index contributed by atoms with van der Waals surface area (Å²) in [5.74, 6) is -0.708. The van der Waals surface area contributed by atoms with Gasteiger partial charge in [0.1, 0.15) is 0 Å². The Balaban J connectivity index is 1.88. The molecule has 0 saturated carbocycles. The van der Waals surface area contributed by atoms with Crippen molar-refractivity contribution in [1.82, 2.24) is 10.2 Å². The molecule has 138 valence electrons. The van der Waals surface area contributed by atoms with Crippen molar-refractivity contribution in [2.45, 2.75) is 32.7 Å². The third kappa shape index (κ3) is 5.42. The van der Waals surface area contributed by atoms with Crippen LogP contribution in [0.1, 0.15) is 38.3 Å². The van der Waals surface area contributed by atoms with Crippen molar-refractivity contribution in [2.75, 3.05) is 26.2 Å². The predicted molar refractivity (Wildman–Crippen MR) is 92.5 cm³/mol. The SMILES string of the molecule is CCOc1ccc(C(C)NC(=O)C2CCN(CC(N)=O)CC2)cc1F. The van der Waals surface area contributed by atoms with Crippen molar-refractivity contribution in [1.29, 1.82) is 0 Å². The molecule has 2 amide bonds. The second-order valence-electron chi connectivity index (χ2n) is 6.37. The Labute approximate surface area is 147 Å². The molecule has 1 saturated heterocycles. The van der Waals surface area contributed by atoms with Crippen LogP contribution in [0.2, 0.25) is 0 Å². The van der Waals surface area contributed by atoms with Gasteiger partial charge in [0, 0.05) is 5.92 Å². The van der Waals surface area contributed by atoms with Crippen molar-refractivity contribution in [2.24, 2.45) is 11.7 Å². The van der Waals surface area contributed by atoms with E-state index < -0.39 is 5.82 Å². The summed E-state index contributed by atoms with van der Waals surface area (Å²) in [4.78, 5) is 25.3. The van der Waals surface area contributed by atoms with Gasteiger partial charge < -0.3 is 15.8 Å². The second kappa shape index (κ2) is 8.80. The number of rotatable bonds is 7. The number of ether oxygens (including phenoxy) is 1. The molecule has 25 heavy (non-hydrogen) atoms. The van der Waals surface area contributed by atoms with Gasteiger partial charge in [0.2, 0.25) is 11.8 Å². The fraction of sp³-hybridized carbons (Fsp3) is 0.556. The average Bonchev–Trinajstić information content (AvgIpc) is 2.56. The van der Waals surface area contributed by atoms with Crippen LogP contribution in [0.15, 0.2) is 18.2 Å². The fourth-order valence-electron chi connectivity index (χ4n) is 3.05. The van der Waals surface area contributed by atoms with E-state index in [-0.39, 0.29) is 36.1 Å². The Morgan fingerprint density at radius 2 is 2.08 bits per heavy atom. The maximum Gasteiger partial charge on any atom is 0.231 e. The van der Waals surface area contributed by atoms with Crippen LogP contribution in [0.5, 0.6) is 5.75 Å². The first kappa shape index (κ1) is 19.2. The number of carbonyl (C=O) groups excluding carboxylic acids is 2. The molecule has 1 aromatic carbocycles. The smallest absolute Gasteiger partial charge is 0.231 e. The number of nitrogens with two attached hydrogens (primary N) is 1. The van der Waals surface area contributed by atoms with Gasteiger partial charge in [-0.2, -0.15) is 0 Å². The molecular weight excluding hydrogens is 325 g/mol. The Morgan fingerprint density at radius 1 is 1.40 bits per heavy atom. The molecule has 0 aliphatic carbocycles. The van der Waals surface area contributed by atoms with Crippen molar-refractivity contribution in [3.63, 3.8) is 0 Å². The van der Waals surface area contributed by atoms with E-state index in [2.05, 4.69) is 5.32 Å². The number of halogens is 1. The molecule has 1 aromatic rings. The lowest BCUT2D eigenvalue weighted by Gasteiger charge is -2.31. The standard InChI is InChI=1S/C18H26FN3O3/c1-3-25-16-5-4-14(10-15(16)19)12(2)21-18(24)13-6-8-22(9-7-13)11-17(20)23/h4-5,10,12-13H,3,6-9,11H2,1-2H3,(H2,20,23)(H,21,24). The number of piperidine rings is 1. The van der Waals surface area contributed by atoms with E-state index in [1.165, 1.54) is 6.07 Å². The quantitative estimate of drug-likeness (QED) is 0.781. The Kier molecular flexibility index (Phi) is 6.75. The minimum Gasteiger partial charge on any atom is -0.491 e. The number of primary amides is 1. The Morgan fingerprint density at radius 3 is 2.64 bits per heavy atom. The molecule has 1 aliphatic rings. The van der Waals surface area contributed by atoms with Gasteiger partial charge in [-0.25, -0.2) is 4.39 Å². The third-order valence-corrected chi connectivity index (χ3v) is 4.45. The van der Waals surface area contributed by atoms with E-state index in [4.69, 9.17) is 10.5 Å². The molecule has 3 N–H and O–H groups in total. The number of amides is 2. The molecular formula is C18H26FN3O3. The molecule has 0 radical (unpaired) electrons. The van der Waals surface area contributed by atoms with Gasteiger partial charge in [0.15, 0.2) is 11.6 Å². The molecule has 0 spiro atoms. The van der Waals surface area contributed by atoms with Crippen molar-refractivity contribution in [3.8, 4) is 5.75 Å². The van der Waals surface area contributed by atoms with E-state index in [0.29, 0.717) is 38.1 Å². The molecule has 7 heteroatoms. The van der Waals surface area contributed by atoms with E-state index >= 15 is 0 Å². The van der Waals surface area contributed by atoms with Crippen LogP contribution in [-0.2, 0) is 9.59 Å². The number of likely N-dealkylation sites (tertiary alicyclic amines) is 1. The lowest BCUT2D eigenvalue weighted by atomic mass is 9.95. The normalized spacial score (nSPS) is 17.1. The topological polar surface area (TPSA) is 84.7 Å². The maximum atomic E-state index is 14.0. The van der Waals surface area contributed by atoms with Crippen LogP contribution >= 0.6 is 0 Å². The van der Waals surface area contributed by atoms with Gasteiger partial charge in [-0.3, -0.25) is 14.5 Å². The molecule has 1 aliphatic heterocycles. The Hall–Kier alpha value is -2.15. The summed E-state index contributed by atoms with van der Waals surface area (Å²) in [6, 6.07) is 4.44. The van der Waals surface area contributed by atoms with Crippen LogP contribution in [0.25, 0.3) is 0 Å². The van der Waals surface area contributed by atoms with Gasteiger partial charge in [-0.05, 0) is 57.5 Å². The number of nitrogens with one attached hydrogen (secondary N) is 1. The summed E-state index contributed by atoms with van der Waals surface area (Å²) in [6.07, 6.45) is 1.37. The Bertz CT molecular complexity index is 616. The average molecular weight is 351 g/mol. The lowest BCUT2D eigenvalue weighted by Crippen LogP contribution is -2.43. The van der Waals surface area contributed by atoms with Gasteiger partial charge in [-0.1, -0.05) is 6.07 Å². The molecule has 0 bridgehead atoms. The fourth-order valence-corrected chi connectivity index (χ4v) is 3.05. The number of carbonyl (C=O) groups is 2. The van der Waals surface area contributed by atoms with Crippen molar-refractivity contribution < 1.29 is 18.7 Å². The zero-order valence-electron chi connectivity index (χ0n) is 14.8. The highest BCUT2D eigenvalue weighted by Crippen LogP contribution is 2.23. The van der Waals surface area contributed by atoms with Gasteiger partial charge >= 0.3 is 0 Å². The summed E-state index contributed by atoms with van der Waals surface area (Å²) in [5.41, 5.74) is 5.89. The summed E-state index contributed by atoms with van der Waals surface area (Å²) in [7, 11) is 0. The number of nitrogens with zero attached hydrogens (tertiary/aromatic N) is 1. The first-order valence-corrected chi connectivity index (χ1v) is 8.64. The zero-order valence-corrected chi connectivity index (χ0v) is 14.8. The van der Waals surface area contributed by atoms with Gasteiger partial charge in [0.05, 0.1) is 19.2 Å². The van der Waals surface area contributed by atoms with E-state index in [1.807, 2.05) is 11.8 Å². The summed E-state index contributed by atoms with van der Waals surface area (Å²) in [5, 5.41) is 2.94. The second-order valence-corrected chi connectivity index (χ2v) is 6.37.